The van der Waals surface area contributed by atoms with Gasteiger partial charge in [0, 0.05) is 23.6 Å². The highest BCUT2D eigenvalue weighted by Crippen LogP contribution is 2.44. The van der Waals surface area contributed by atoms with Gasteiger partial charge >= 0.3 is 6.11 Å². The van der Waals surface area contributed by atoms with Gasteiger partial charge in [0.05, 0.1) is 19.1 Å². The van der Waals surface area contributed by atoms with E-state index in [0.29, 0.717) is 67.1 Å². The second kappa shape index (κ2) is 12.8. The fourth-order valence-corrected chi connectivity index (χ4v) is 6.66. The van der Waals surface area contributed by atoms with Gasteiger partial charge in [-0.05, 0) is 87.7 Å². The first-order valence-corrected chi connectivity index (χ1v) is 14.5. The van der Waals surface area contributed by atoms with Crippen LogP contribution in [0.25, 0.3) is 0 Å². The Bertz CT molecular complexity index is 1190. The Morgan fingerprint density at radius 3 is 2.00 bits per heavy atom. The van der Waals surface area contributed by atoms with Crippen molar-refractivity contribution >= 4 is 0 Å². The van der Waals surface area contributed by atoms with Gasteiger partial charge in [-0.25, -0.2) is 17.6 Å². The number of ether oxygens (including phenoxy) is 3. The number of benzene rings is 2. The number of hydrogen-bond acceptors (Lipinski definition) is 3. The number of alkyl halides is 2. The fourth-order valence-electron chi connectivity index (χ4n) is 6.66. The maximum Gasteiger partial charge on any atom is 0.400 e. The first kappa shape index (κ1) is 30.0. The van der Waals surface area contributed by atoms with E-state index in [2.05, 4.69) is 23.8 Å². The molecule has 41 heavy (non-hydrogen) atoms. The highest BCUT2D eigenvalue weighted by Gasteiger charge is 2.44. The molecule has 0 N–H and O–H groups in total. The summed E-state index contributed by atoms with van der Waals surface area (Å²) in [5.41, 5.74) is 1.04. The predicted molar refractivity (Wildman–Crippen MR) is 141 cm³/mol. The Kier molecular flexibility index (Phi) is 9.33. The molecule has 9 heteroatoms. The van der Waals surface area contributed by atoms with Crippen molar-refractivity contribution in [3.63, 3.8) is 0 Å². The quantitative estimate of drug-likeness (QED) is 0.185. The van der Waals surface area contributed by atoms with Crippen molar-refractivity contribution in [3.05, 3.63) is 76.9 Å². The van der Waals surface area contributed by atoms with E-state index in [9.17, 15) is 22.0 Å². The third kappa shape index (κ3) is 6.94. The van der Waals surface area contributed by atoms with Crippen molar-refractivity contribution in [1.82, 2.24) is 0 Å². The molecule has 2 aliphatic carbocycles. The van der Waals surface area contributed by atoms with Gasteiger partial charge < -0.3 is 14.2 Å². The Balaban J connectivity index is 1.12. The molecule has 3 fully saturated rings. The summed E-state index contributed by atoms with van der Waals surface area (Å²) in [6.45, 7) is 3.20. The lowest BCUT2D eigenvalue weighted by atomic mass is 9.76. The minimum absolute atomic E-state index is 0.0257. The normalized spacial score (nSPS) is 29.5. The summed E-state index contributed by atoms with van der Waals surface area (Å²) in [7, 11) is 0. The molecule has 0 amide bonds. The van der Waals surface area contributed by atoms with E-state index in [1.807, 2.05) is 0 Å². The molecule has 0 atom stereocenters. The van der Waals surface area contributed by atoms with Crippen LogP contribution >= 0.6 is 0 Å². The largest absolute Gasteiger partial charge is 0.432 e. The van der Waals surface area contributed by atoms with E-state index in [1.54, 1.807) is 12.1 Å². The molecule has 2 aromatic rings. The standard InChI is InChI=1S/C32H36F6O3/c1-2-3-19-4-6-20(7-5-19)23-17-39-31(40-18-23)22-10-13-26(27(33)14-22)21-8-11-24(12-9-21)32(37,38)41-25-15-28(34)30(36)29(35)16-25/h2-3,10,13-16,19-21,23-24,31H,4-9,11-12,17-18H2,1H3. The van der Waals surface area contributed by atoms with Crippen LogP contribution in [0.3, 0.4) is 0 Å². The molecule has 0 unspecified atom stereocenters. The van der Waals surface area contributed by atoms with Crippen molar-refractivity contribution in [2.24, 2.45) is 23.7 Å². The van der Waals surface area contributed by atoms with Crippen LogP contribution in [0.2, 0.25) is 0 Å². The number of hydrogen-bond donors (Lipinski definition) is 0. The summed E-state index contributed by atoms with van der Waals surface area (Å²) in [5, 5.41) is 0. The van der Waals surface area contributed by atoms with E-state index < -0.39 is 47.3 Å². The number of halogens is 6. The zero-order valence-corrected chi connectivity index (χ0v) is 23.1. The van der Waals surface area contributed by atoms with Crippen molar-refractivity contribution < 1.29 is 40.6 Å². The van der Waals surface area contributed by atoms with Gasteiger partial charge in [-0.15, -0.1) is 0 Å². The van der Waals surface area contributed by atoms with E-state index in [-0.39, 0.29) is 18.8 Å². The van der Waals surface area contributed by atoms with Crippen LogP contribution in [0.15, 0.2) is 42.5 Å². The summed E-state index contributed by atoms with van der Waals surface area (Å²) in [4.78, 5) is 0. The maximum absolute atomic E-state index is 15.2. The van der Waals surface area contributed by atoms with Crippen LogP contribution in [0.1, 0.15) is 81.6 Å². The summed E-state index contributed by atoms with van der Waals surface area (Å²) < 4.78 is 101. The molecular weight excluding hydrogens is 546 g/mol. The molecule has 1 heterocycles. The Labute approximate surface area is 236 Å². The van der Waals surface area contributed by atoms with Gasteiger partial charge in [0.15, 0.2) is 23.7 Å². The van der Waals surface area contributed by atoms with Crippen molar-refractivity contribution in [2.45, 2.75) is 76.6 Å². The van der Waals surface area contributed by atoms with E-state index in [0.717, 1.165) is 12.8 Å². The summed E-state index contributed by atoms with van der Waals surface area (Å²) in [6, 6.07) is 5.64. The van der Waals surface area contributed by atoms with Gasteiger partial charge in [-0.3, -0.25) is 0 Å². The minimum atomic E-state index is -3.72. The highest BCUT2D eigenvalue weighted by molar-refractivity contribution is 5.29. The van der Waals surface area contributed by atoms with E-state index in [1.165, 1.54) is 18.9 Å². The Morgan fingerprint density at radius 2 is 1.41 bits per heavy atom. The van der Waals surface area contributed by atoms with E-state index >= 15 is 4.39 Å². The minimum Gasteiger partial charge on any atom is -0.432 e. The van der Waals surface area contributed by atoms with Crippen molar-refractivity contribution in [2.75, 3.05) is 13.2 Å². The first-order valence-electron chi connectivity index (χ1n) is 14.5. The molecule has 0 spiro atoms. The molecule has 0 aromatic heterocycles. The molecule has 1 aliphatic heterocycles. The van der Waals surface area contributed by atoms with Gasteiger partial charge in [-0.2, -0.15) is 8.78 Å². The maximum atomic E-state index is 15.2. The Morgan fingerprint density at radius 1 is 0.780 bits per heavy atom. The summed E-state index contributed by atoms with van der Waals surface area (Å²) in [6.07, 6.45) is 5.37. The van der Waals surface area contributed by atoms with Gasteiger partial charge in [0.2, 0.25) is 0 Å². The lowest BCUT2D eigenvalue weighted by Crippen LogP contribution is -2.37. The van der Waals surface area contributed by atoms with Gasteiger partial charge in [-0.1, -0.05) is 24.3 Å². The molecule has 0 bridgehead atoms. The fraction of sp³-hybridized carbons (Fsp3) is 0.562. The molecule has 0 radical (unpaired) electrons. The molecule has 1 saturated heterocycles. The monoisotopic (exact) mass is 582 g/mol. The molecule has 3 nitrogen and oxygen atoms in total. The molecule has 5 rings (SSSR count). The number of rotatable bonds is 7. The second-order valence-corrected chi connectivity index (χ2v) is 11.7. The third-order valence-corrected chi connectivity index (χ3v) is 9.02. The molecule has 224 valence electrons. The van der Waals surface area contributed by atoms with Crippen LogP contribution in [0.5, 0.6) is 5.75 Å². The van der Waals surface area contributed by atoms with Crippen LogP contribution in [-0.2, 0) is 9.47 Å². The van der Waals surface area contributed by atoms with Crippen LogP contribution in [0, 0.1) is 46.9 Å². The van der Waals surface area contributed by atoms with Crippen molar-refractivity contribution in [3.8, 4) is 5.75 Å². The molecule has 2 aromatic carbocycles. The lowest BCUT2D eigenvalue weighted by molar-refractivity contribution is -0.222. The van der Waals surface area contributed by atoms with Crippen molar-refractivity contribution in [1.29, 1.82) is 0 Å². The zero-order chi connectivity index (χ0) is 29.1. The van der Waals surface area contributed by atoms with Gasteiger partial charge in [0.1, 0.15) is 11.6 Å². The summed E-state index contributed by atoms with van der Waals surface area (Å²) >= 11 is 0. The first-order chi connectivity index (χ1) is 19.6. The predicted octanol–water partition coefficient (Wildman–Crippen LogP) is 9.23. The van der Waals surface area contributed by atoms with Crippen LogP contribution in [-0.4, -0.2) is 19.3 Å². The average Bonchev–Trinajstić information content (AvgIpc) is 2.96. The summed E-state index contributed by atoms with van der Waals surface area (Å²) in [5.74, 6) is -6.10. The topological polar surface area (TPSA) is 27.7 Å². The van der Waals surface area contributed by atoms with Gasteiger partial charge in [0.25, 0.3) is 0 Å². The van der Waals surface area contributed by atoms with Crippen LogP contribution in [0.4, 0.5) is 26.3 Å². The van der Waals surface area contributed by atoms with E-state index in [4.69, 9.17) is 9.47 Å². The highest BCUT2D eigenvalue weighted by atomic mass is 19.3. The molecule has 3 aliphatic rings. The SMILES string of the molecule is CC=CC1CCC(C2COC(c3ccc(C4CCC(C(F)(F)Oc5cc(F)c(F)c(F)c5)CC4)c(F)c3)OC2)CC1. The molecular formula is C32H36F6O3. The lowest BCUT2D eigenvalue weighted by Gasteiger charge is -2.37. The zero-order valence-electron chi connectivity index (χ0n) is 23.1. The third-order valence-electron chi connectivity index (χ3n) is 9.02. The molecule has 2 saturated carbocycles. The number of allylic oxidation sites excluding steroid dienone is 2. The van der Waals surface area contributed by atoms with Crippen LogP contribution < -0.4 is 4.74 Å². The second-order valence-electron chi connectivity index (χ2n) is 11.7. The smallest absolute Gasteiger partial charge is 0.400 e. The average molecular weight is 583 g/mol. The Hall–Kier alpha value is -2.52.